The molecule has 0 aliphatic carbocycles. The summed E-state index contributed by atoms with van der Waals surface area (Å²) in [6.07, 6.45) is 0. The number of benzene rings is 1. The maximum atomic E-state index is 11.7. The van der Waals surface area contributed by atoms with Crippen LogP contribution in [-0.4, -0.2) is 63.6 Å². The van der Waals surface area contributed by atoms with Crippen LogP contribution >= 0.6 is 11.3 Å². The third kappa shape index (κ3) is 5.00. The van der Waals surface area contributed by atoms with Crippen LogP contribution in [0, 0.1) is 0 Å². The molecule has 1 aliphatic heterocycles. The third-order valence-corrected chi connectivity index (χ3v) is 6.55. The number of nitrogens with zero attached hydrogens (tertiary/aromatic N) is 6. The van der Waals surface area contributed by atoms with Crippen LogP contribution in [-0.2, 0) is 11.3 Å². The number of hydrogen-bond acceptors (Lipinski definition) is 8. The Morgan fingerprint density at radius 1 is 1.19 bits per heavy atom. The fourth-order valence-electron chi connectivity index (χ4n) is 3.79. The Hall–Kier alpha value is -2.62. The van der Waals surface area contributed by atoms with Crippen molar-refractivity contribution in [3.05, 3.63) is 47.3 Å². The van der Waals surface area contributed by atoms with Crippen molar-refractivity contribution < 1.29 is 9.32 Å². The smallest absolute Gasteiger partial charge is 0.244 e. The third-order valence-electron chi connectivity index (χ3n) is 5.64. The summed E-state index contributed by atoms with van der Waals surface area (Å²) in [4.78, 5) is 27.5. The van der Waals surface area contributed by atoms with Crippen LogP contribution in [0.2, 0.25) is 0 Å². The van der Waals surface area contributed by atoms with Gasteiger partial charge in [-0.25, -0.2) is 4.98 Å². The van der Waals surface area contributed by atoms with Gasteiger partial charge in [-0.1, -0.05) is 35.5 Å². The van der Waals surface area contributed by atoms with Gasteiger partial charge in [0.15, 0.2) is 5.13 Å². The highest BCUT2D eigenvalue weighted by molar-refractivity contribution is 7.14. The normalized spacial score (nSPS) is 16.4. The van der Waals surface area contributed by atoms with Crippen LogP contribution < -0.4 is 4.90 Å². The highest BCUT2D eigenvalue weighted by Crippen LogP contribution is 2.25. The number of carbonyl (C=O) groups is 1. The monoisotopic (exact) mass is 440 g/mol. The summed E-state index contributed by atoms with van der Waals surface area (Å²) in [6, 6.07) is 9.96. The molecule has 0 saturated carbocycles. The van der Waals surface area contributed by atoms with Crippen LogP contribution in [0.25, 0.3) is 11.4 Å². The number of rotatable bonds is 7. The number of aromatic nitrogens is 3. The van der Waals surface area contributed by atoms with Crippen LogP contribution in [0.15, 0.2) is 40.2 Å². The van der Waals surface area contributed by atoms with Gasteiger partial charge in [0.2, 0.25) is 17.6 Å². The summed E-state index contributed by atoms with van der Waals surface area (Å²) in [5.41, 5.74) is 1.98. The molecule has 31 heavy (non-hydrogen) atoms. The Labute approximate surface area is 186 Å². The van der Waals surface area contributed by atoms with E-state index in [2.05, 4.69) is 37.2 Å². The van der Waals surface area contributed by atoms with Crippen molar-refractivity contribution in [3.8, 4) is 11.4 Å². The Morgan fingerprint density at radius 3 is 2.61 bits per heavy atom. The van der Waals surface area contributed by atoms with Crippen LogP contribution in [0.1, 0.15) is 38.4 Å². The summed E-state index contributed by atoms with van der Waals surface area (Å²) in [5, 5.41) is 6.99. The summed E-state index contributed by atoms with van der Waals surface area (Å²) in [5.74, 6) is 1.31. The topological polar surface area (TPSA) is 78.6 Å². The number of thiazole rings is 1. The first-order chi connectivity index (χ1) is 15.0. The Bertz CT molecular complexity index is 996. The van der Waals surface area contributed by atoms with Gasteiger partial charge >= 0.3 is 0 Å². The molecule has 8 nitrogen and oxygen atoms in total. The minimum atomic E-state index is 0.0300. The minimum absolute atomic E-state index is 0.0300. The second kappa shape index (κ2) is 9.67. The predicted molar refractivity (Wildman–Crippen MR) is 121 cm³/mol. The highest BCUT2D eigenvalue weighted by Gasteiger charge is 2.26. The Kier molecular flexibility index (Phi) is 6.74. The molecule has 2 aromatic heterocycles. The van der Waals surface area contributed by atoms with Crippen molar-refractivity contribution in [2.24, 2.45) is 0 Å². The second-order valence-electron chi connectivity index (χ2n) is 7.70. The Morgan fingerprint density at radius 2 is 1.94 bits per heavy atom. The first kappa shape index (κ1) is 21.6. The quantitative estimate of drug-likeness (QED) is 0.557. The predicted octanol–water partition coefficient (Wildman–Crippen LogP) is 3.44. The van der Waals surface area contributed by atoms with Crippen molar-refractivity contribution in [1.82, 2.24) is 24.9 Å². The largest absolute Gasteiger partial charge is 0.337 e. The lowest BCUT2D eigenvalue weighted by molar-refractivity contribution is -0.116. The first-order valence-corrected chi connectivity index (χ1v) is 11.5. The Balaban J connectivity index is 1.31. The van der Waals surface area contributed by atoms with Gasteiger partial charge < -0.3 is 4.52 Å². The molecule has 9 heteroatoms. The van der Waals surface area contributed by atoms with E-state index < -0.39 is 0 Å². The lowest BCUT2D eigenvalue weighted by Gasteiger charge is -2.36. The first-order valence-electron chi connectivity index (χ1n) is 10.6. The summed E-state index contributed by atoms with van der Waals surface area (Å²) < 4.78 is 5.55. The second-order valence-corrected chi connectivity index (χ2v) is 8.53. The molecule has 1 fully saturated rings. The van der Waals surface area contributed by atoms with Gasteiger partial charge in [0.25, 0.3) is 0 Å². The molecule has 1 aromatic carbocycles. The molecule has 1 aliphatic rings. The molecule has 3 aromatic rings. The number of amides is 1. The maximum Gasteiger partial charge on any atom is 0.244 e. The zero-order valence-corrected chi connectivity index (χ0v) is 19.0. The molecule has 1 atom stereocenters. The van der Waals surface area contributed by atoms with E-state index in [-0.39, 0.29) is 11.9 Å². The number of anilines is 1. The van der Waals surface area contributed by atoms with E-state index in [9.17, 15) is 4.79 Å². The van der Waals surface area contributed by atoms with E-state index >= 15 is 0 Å². The molecule has 0 spiro atoms. The van der Waals surface area contributed by atoms with Crippen molar-refractivity contribution in [2.75, 3.05) is 37.6 Å². The van der Waals surface area contributed by atoms with E-state index in [0.29, 0.717) is 18.3 Å². The minimum Gasteiger partial charge on any atom is -0.337 e. The van der Waals surface area contributed by atoms with Crippen LogP contribution in [0.3, 0.4) is 0 Å². The average Bonchev–Trinajstić information content (AvgIpc) is 3.45. The molecule has 3 heterocycles. The lowest BCUT2D eigenvalue weighted by Crippen LogP contribution is -2.46. The highest BCUT2D eigenvalue weighted by atomic mass is 32.1. The molecule has 0 radical (unpaired) electrons. The maximum absolute atomic E-state index is 11.7. The van der Waals surface area contributed by atoms with Gasteiger partial charge in [0.05, 0.1) is 11.7 Å². The molecular weight excluding hydrogens is 412 g/mol. The van der Waals surface area contributed by atoms with E-state index in [1.165, 1.54) is 11.3 Å². The number of hydrogen-bond donors (Lipinski definition) is 0. The average molecular weight is 441 g/mol. The molecule has 0 bridgehead atoms. The number of carbonyl (C=O) groups excluding carboxylic acids is 1. The molecule has 1 amide bonds. The van der Waals surface area contributed by atoms with E-state index in [1.54, 1.807) is 11.8 Å². The van der Waals surface area contributed by atoms with E-state index in [1.807, 2.05) is 37.3 Å². The van der Waals surface area contributed by atoms with E-state index in [0.717, 1.165) is 49.1 Å². The van der Waals surface area contributed by atoms with Gasteiger partial charge in [-0.15, -0.1) is 11.3 Å². The summed E-state index contributed by atoms with van der Waals surface area (Å²) >= 11 is 1.53. The van der Waals surface area contributed by atoms with Gasteiger partial charge in [-0.2, -0.15) is 4.98 Å². The van der Waals surface area contributed by atoms with Gasteiger partial charge in [0, 0.05) is 57.1 Å². The standard InChI is InChI=1S/C22H28N6O2S/c1-4-28(17(3)29)22-23-19(15-31-22)14-26-10-12-27(13-11-26)16(2)21-24-20(25-30-21)18-8-6-5-7-9-18/h5-9,15-16H,4,10-14H2,1-3H3/t16-/m0/s1. The lowest BCUT2D eigenvalue weighted by atomic mass is 10.2. The fourth-order valence-corrected chi connectivity index (χ4v) is 4.71. The molecule has 1 saturated heterocycles. The van der Waals surface area contributed by atoms with Crippen LogP contribution in [0.5, 0.6) is 0 Å². The van der Waals surface area contributed by atoms with Crippen molar-refractivity contribution in [2.45, 2.75) is 33.4 Å². The van der Waals surface area contributed by atoms with Gasteiger partial charge in [-0.05, 0) is 13.8 Å². The zero-order valence-electron chi connectivity index (χ0n) is 18.2. The fraction of sp³-hybridized carbons (Fsp3) is 0.455. The van der Waals surface area contributed by atoms with Crippen molar-refractivity contribution >= 4 is 22.4 Å². The van der Waals surface area contributed by atoms with Gasteiger partial charge in [0.1, 0.15) is 0 Å². The van der Waals surface area contributed by atoms with Crippen molar-refractivity contribution in [3.63, 3.8) is 0 Å². The molecule has 0 unspecified atom stereocenters. The summed E-state index contributed by atoms with van der Waals surface area (Å²) in [6.45, 7) is 10.8. The van der Waals surface area contributed by atoms with Crippen molar-refractivity contribution in [1.29, 1.82) is 0 Å². The number of piperazine rings is 1. The van der Waals surface area contributed by atoms with E-state index in [4.69, 9.17) is 4.52 Å². The van der Waals surface area contributed by atoms with Crippen LogP contribution in [0.4, 0.5) is 5.13 Å². The summed E-state index contributed by atoms with van der Waals surface area (Å²) in [7, 11) is 0. The molecule has 4 rings (SSSR count). The molecule has 164 valence electrons. The van der Waals surface area contributed by atoms with Gasteiger partial charge in [-0.3, -0.25) is 19.5 Å². The zero-order chi connectivity index (χ0) is 21.8. The molecular formula is C22H28N6O2S. The SMILES string of the molecule is CCN(C(C)=O)c1nc(CN2CCN([C@@H](C)c3nc(-c4ccccc4)no3)CC2)cs1. The molecule has 0 N–H and O–H groups in total.